The van der Waals surface area contributed by atoms with Crippen LogP contribution in [0.15, 0.2) is 91.1 Å². The van der Waals surface area contributed by atoms with Crippen molar-refractivity contribution in [2.75, 3.05) is 23.3 Å². The first-order valence-corrected chi connectivity index (χ1v) is 14.4. The largest absolute Gasteiger partial charge is 0.478 e. The Bertz CT molecular complexity index is 1670. The fraction of sp³-hybridized carbons (Fsp3) is 0.212. The van der Waals surface area contributed by atoms with Crippen molar-refractivity contribution in [2.24, 2.45) is 0 Å². The number of rotatable bonds is 7. The summed E-state index contributed by atoms with van der Waals surface area (Å²) in [7, 11) is 0. The van der Waals surface area contributed by atoms with E-state index in [0.717, 1.165) is 29.0 Å². The molecule has 3 N–H and O–H groups in total. The summed E-state index contributed by atoms with van der Waals surface area (Å²) in [5, 5.41) is 16.4. The van der Waals surface area contributed by atoms with E-state index in [9.17, 15) is 19.5 Å². The molecule has 0 radical (unpaired) electrons. The van der Waals surface area contributed by atoms with Gasteiger partial charge in [-0.05, 0) is 73.0 Å². The highest BCUT2D eigenvalue weighted by molar-refractivity contribution is 6.31. The van der Waals surface area contributed by atoms with E-state index in [0.29, 0.717) is 40.6 Å². The highest BCUT2D eigenvalue weighted by Crippen LogP contribution is 2.44. The number of piperidine rings is 1. The lowest BCUT2D eigenvalue weighted by molar-refractivity contribution is -0.119. The minimum atomic E-state index is -1.01. The van der Waals surface area contributed by atoms with Crippen LogP contribution in [0.1, 0.15) is 34.3 Å². The van der Waals surface area contributed by atoms with Crippen molar-refractivity contribution >= 4 is 41.1 Å². The maximum absolute atomic E-state index is 14.3. The topological polar surface area (TPSA) is 121 Å². The van der Waals surface area contributed by atoms with Gasteiger partial charge in [-0.3, -0.25) is 4.79 Å². The standard InChI is InChI=1S/C33H29ClN4O5/c34-25-11-12-28-26(18-25)33(14-5-15-35-20-33)43-32(42)38(28)30(39)27(16-21-6-2-1-3-7-21)37-29-13-10-24(19-36-29)22-8-4-9-23(17-22)31(40)41/h1-4,6-13,17-19,27,35H,5,14-16,20H2,(H,36,37)(H,40,41)/t27-,33-/m0/s1. The Balaban J connectivity index is 1.32. The highest BCUT2D eigenvalue weighted by atomic mass is 35.5. The number of aromatic nitrogens is 1. The molecule has 9 nitrogen and oxygen atoms in total. The van der Waals surface area contributed by atoms with Crippen LogP contribution in [-0.4, -0.2) is 47.2 Å². The van der Waals surface area contributed by atoms with Crippen molar-refractivity contribution in [1.29, 1.82) is 0 Å². The molecule has 4 aromatic rings. The number of nitrogens with zero attached hydrogens (tertiary/aromatic N) is 2. The van der Waals surface area contributed by atoms with Gasteiger partial charge < -0.3 is 20.5 Å². The number of hydrogen-bond acceptors (Lipinski definition) is 7. The zero-order valence-electron chi connectivity index (χ0n) is 23.1. The average Bonchev–Trinajstić information content (AvgIpc) is 3.02. The van der Waals surface area contributed by atoms with E-state index in [4.69, 9.17) is 16.3 Å². The normalized spacial score (nSPS) is 18.4. The molecule has 1 saturated heterocycles. The number of carboxylic acids is 1. The van der Waals surface area contributed by atoms with E-state index in [1.165, 1.54) is 6.07 Å². The molecule has 3 heterocycles. The number of pyridine rings is 1. The molecule has 0 unspecified atom stereocenters. The summed E-state index contributed by atoms with van der Waals surface area (Å²) < 4.78 is 6.03. The lowest BCUT2D eigenvalue weighted by Crippen LogP contribution is -2.57. The monoisotopic (exact) mass is 596 g/mol. The lowest BCUT2D eigenvalue weighted by atomic mass is 9.84. The molecule has 0 saturated carbocycles. The number of amides is 2. The maximum atomic E-state index is 14.3. The molecule has 43 heavy (non-hydrogen) atoms. The molecule has 0 bridgehead atoms. The van der Waals surface area contributed by atoms with E-state index in [1.807, 2.05) is 30.3 Å². The molecule has 2 aliphatic heterocycles. The van der Waals surface area contributed by atoms with Gasteiger partial charge in [0.1, 0.15) is 11.9 Å². The van der Waals surface area contributed by atoms with Crippen molar-refractivity contribution in [3.8, 4) is 11.1 Å². The van der Waals surface area contributed by atoms with Crippen LogP contribution in [0.25, 0.3) is 11.1 Å². The number of fused-ring (bicyclic) bond motifs is 2. The number of carboxylic acid groups (broad SMARTS) is 1. The first-order valence-electron chi connectivity index (χ1n) is 14.0. The van der Waals surface area contributed by atoms with Crippen molar-refractivity contribution < 1.29 is 24.2 Å². The predicted molar refractivity (Wildman–Crippen MR) is 163 cm³/mol. The number of hydrogen-bond donors (Lipinski definition) is 3. The van der Waals surface area contributed by atoms with Crippen LogP contribution in [0.4, 0.5) is 16.3 Å². The minimum Gasteiger partial charge on any atom is -0.478 e. The van der Waals surface area contributed by atoms with Crippen molar-refractivity contribution in [3.05, 3.63) is 113 Å². The van der Waals surface area contributed by atoms with Crippen LogP contribution in [0.5, 0.6) is 0 Å². The molecule has 1 fully saturated rings. The highest BCUT2D eigenvalue weighted by Gasteiger charge is 2.48. The van der Waals surface area contributed by atoms with E-state index in [1.54, 1.807) is 54.7 Å². The summed E-state index contributed by atoms with van der Waals surface area (Å²) in [5.41, 5.74) is 2.74. The van der Waals surface area contributed by atoms with E-state index >= 15 is 0 Å². The summed E-state index contributed by atoms with van der Waals surface area (Å²) >= 11 is 6.39. The van der Waals surface area contributed by atoms with Crippen LogP contribution < -0.4 is 15.5 Å². The Hall–Kier alpha value is -4.73. The second-order valence-corrected chi connectivity index (χ2v) is 11.1. The molecule has 2 aliphatic rings. The van der Waals surface area contributed by atoms with Gasteiger partial charge >= 0.3 is 12.1 Å². The number of carbonyl (C=O) groups excluding carboxylic acids is 2. The number of halogens is 1. The Morgan fingerprint density at radius 3 is 2.60 bits per heavy atom. The molecule has 10 heteroatoms. The van der Waals surface area contributed by atoms with Crippen molar-refractivity contribution in [3.63, 3.8) is 0 Å². The lowest BCUT2D eigenvalue weighted by Gasteiger charge is -2.44. The second-order valence-electron chi connectivity index (χ2n) is 10.7. The fourth-order valence-electron chi connectivity index (χ4n) is 5.70. The number of ether oxygens (including phenoxy) is 1. The zero-order chi connectivity index (χ0) is 30.0. The van der Waals surface area contributed by atoms with Crippen LogP contribution in [-0.2, 0) is 21.6 Å². The van der Waals surface area contributed by atoms with Crippen LogP contribution in [0.2, 0.25) is 5.02 Å². The molecule has 2 amide bonds. The van der Waals surface area contributed by atoms with Crippen LogP contribution in [0, 0.1) is 0 Å². The molecule has 0 aliphatic carbocycles. The van der Waals surface area contributed by atoms with Gasteiger partial charge in [-0.2, -0.15) is 0 Å². The van der Waals surface area contributed by atoms with E-state index in [2.05, 4.69) is 15.6 Å². The molecule has 1 aromatic heterocycles. The Morgan fingerprint density at radius 2 is 1.88 bits per heavy atom. The molecule has 2 atom stereocenters. The quantitative estimate of drug-likeness (QED) is 0.242. The predicted octanol–water partition coefficient (Wildman–Crippen LogP) is 5.89. The number of benzene rings is 3. The van der Waals surface area contributed by atoms with Crippen molar-refractivity contribution in [2.45, 2.75) is 30.9 Å². The number of carbonyl (C=O) groups is 3. The van der Waals surface area contributed by atoms with Gasteiger partial charge in [0.05, 0.1) is 11.3 Å². The molecule has 6 rings (SSSR count). The summed E-state index contributed by atoms with van der Waals surface area (Å²) in [6.07, 6.45) is 2.60. The number of aromatic carboxylic acids is 1. The fourth-order valence-corrected chi connectivity index (χ4v) is 5.88. The Morgan fingerprint density at radius 1 is 1.05 bits per heavy atom. The number of nitrogens with one attached hydrogen (secondary N) is 2. The zero-order valence-corrected chi connectivity index (χ0v) is 23.9. The molecule has 1 spiro atoms. The third kappa shape index (κ3) is 5.82. The van der Waals surface area contributed by atoms with Gasteiger partial charge in [0.2, 0.25) is 0 Å². The van der Waals surface area contributed by atoms with Gasteiger partial charge in [-0.15, -0.1) is 0 Å². The number of imide groups is 1. The van der Waals surface area contributed by atoms with Crippen molar-refractivity contribution in [1.82, 2.24) is 10.3 Å². The van der Waals surface area contributed by atoms with Crippen LogP contribution in [0.3, 0.4) is 0 Å². The SMILES string of the molecule is O=C(O)c1cccc(-c2ccc(N[C@@H](Cc3ccccc3)C(=O)N3C(=O)O[C@]4(CCCNC4)c4cc(Cl)ccc43)nc2)c1. The first-order chi connectivity index (χ1) is 20.8. The van der Waals surface area contributed by atoms with Gasteiger partial charge in [-0.25, -0.2) is 19.5 Å². The third-order valence-corrected chi connectivity index (χ3v) is 8.07. The molecule has 218 valence electrons. The van der Waals surface area contributed by atoms with Gasteiger partial charge in [0.15, 0.2) is 5.60 Å². The number of anilines is 2. The summed E-state index contributed by atoms with van der Waals surface area (Å²) in [6.45, 7) is 1.25. The molecule has 3 aromatic carbocycles. The smallest absolute Gasteiger partial charge is 0.422 e. The van der Waals surface area contributed by atoms with Gasteiger partial charge in [-0.1, -0.05) is 54.1 Å². The second kappa shape index (κ2) is 11.9. The third-order valence-electron chi connectivity index (χ3n) is 7.83. The van der Waals surface area contributed by atoms with Crippen LogP contribution >= 0.6 is 11.6 Å². The summed E-state index contributed by atoms with van der Waals surface area (Å²) in [5.74, 6) is -1.08. The molecular weight excluding hydrogens is 568 g/mol. The average molecular weight is 597 g/mol. The van der Waals surface area contributed by atoms with Gasteiger partial charge in [0, 0.05) is 35.3 Å². The summed E-state index contributed by atoms with van der Waals surface area (Å²) in [6, 6.07) is 23.9. The van der Waals surface area contributed by atoms with E-state index in [-0.39, 0.29) is 12.0 Å². The Labute approximate surface area is 253 Å². The van der Waals surface area contributed by atoms with Gasteiger partial charge in [0.25, 0.3) is 5.91 Å². The Kier molecular flexibility index (Phi) is 7.84. The molecular formula is C33H29ClN4O5. The first kappa shape index (κ1) is 28.4. The van der Waals surface area contributed by atoms with E-state index < -0.39 is 29.6 Å². The summed E-state index contributed by atoms with van der Waals surface area (Å²) in [4.78, 5) is 44.8. The minimum absolute atomic E-state index is 0.175. The maximum Gasteiger partial charge on any atom is 0.422 e.